The first kappa shape index (κ1) is 13.9. The molecule has 0 aliphatic carbocycles. The van der Waals surface area contributed by atoms with E-state index in [4.69, 9.17) is 16.0 Å². The van der Waals surface area contributed by atoms with Crippen molar-refractivity contribution >= 4 is 49.8 Å². The van der Waals surface area contributed by atoms with Gasteiger partial charge in [-0.15, -0.1) is 0 Å². The van der Waals surface area contributed by atoms with E-state index in [2.05, 4.69) is 20.9 Å². The Morgan fingerprint density at radius 1 is 1.20 bits per heavy atom. The minimum atomic E-state index is -1.32. The van der Waals surface area contributed by atoms with Gasteiger partial charge in [-0.05, 0) is 30.3 Å². The molecular weight excluding hydrogens is 362 g/mol. The number of nitrogens with zero attached hydrogens (tertiary/aromatic N) is 1. The molecule has 0 spiro atoms. The minimum Gasteiger partial charge on any atom is -0.607 e. The van der Waals surface area contributed by atoms with E-state index in [1.165, 1.54) is 0 Å². The number of halogens is 2. The molecule has 1 aromatic heterocycles. The molecule has 3 aromatic rings. The largest absolute Gasteiger partial charge is 0.607 e. The predicted molar refractivity (Wildman–Crippen MR) is 83.3 cm³/mol. The number of hydrogen-bond donors (Lipinski definition) is 0. The van der Waals surface area contributed by atoms with E-state index in [9.17, 15) is 4.55 Å². The van der Waals surface area contributed by atoms with Gasteiger partial charge in [0.1, 0.15) is 11.3 Å². The molecule has 1 unspecified atom stereocenters. The number of benzene rings is 2. The summed E-state index contributed by atoms with van der Waals surface area (Å²) in [6.07, 6.45) is 0. The average Bonchev–Trinajstić information content (AvgIpc) is 2.84. The quantitative estimate of drug-likeness (QED) is 0.635. The van der Waals surface area contributed by atoms with Crippen LogP contribution in [-0.4, -0.2) is 9.54 Å². The third-order valence-electron chi connectivity index (χ3n) is 2.74. The maximum Gasteiger partial charge on any atom is 0.416 e. The first-order chi connectivity index (χ1) is 9.61. The molecule has 3 rings (SSSR count). The van der Waals surface area contributed by atoms with Crippen molar-refractivity contribution in [1.82, 2.24) is 4.98 Å². The van der Waals surface area contributed by atoms with Crippen molar-refractivity contribution in [3.8, 4) is 0 Å². The van der Waals surface area contributed by atoms with Crippen LogP contribution in [0.1, 0.15) is 5.56 Å². The van der Waals surface area contributed by atoms with Crippen LogP contribution in [0.5, 0.6) is 0 Å². The molecule has 20 heavy (non-hydrogen) atoms. The lowest BCUT2D eigenvalue weighted by Crippen LogP contribution is -2.05. The van der Waals surface area contributed by atoms with Crippen LogP contribution in [0.3, 0.4) is 0 Å². The van der Waals surface area contributed by atoms with E-state index < -0.39 is 11.2 Å². The van der Waals surface area contributed by atoms with Gasteiger partial charge in [0.15, 0.2) is 5.58 Å². The fourth-order valence-corrected chi connectivity index (χ4v) is 3.24. The van der Waals surface area contributed by atoms with Gasteiger partial charge in [0.05, 0.1) is 11.2 Å². The summed E-state index contributed by atoms with van der Waals surface area (Å²) in [7, 11) is 0. The molecule has 0 saturated heterocycles. The highest BCUT2D eigenvalue weighted by molar-refractivity contribution is 9.10. The molecule has 0 amide bonds. The smallest absolute Gasteiger partial charge is 0.416 e. The first-order valence-electron chi connectivity index (χ1n) is 5.81. The Balaban J connectivity index is 1.84. The zero-order valence-corrected chi connectivity index (χ0v) is 13.3. The fourth-order valence-electron chi connectivity index (χ4n) is 1.77. The maximum atomic E-state index is 12.3. The van der Waals surface area contributed by atoms with Crippen molar-refractivity contribution in [1.29, 1.82) is 0 Å². The van der Waals surface area contributed by atoms with Crippen molar-refractivity contribution in [2.45, 2.75) is 11.0 Å². The van der Waals surface area contributed by atoms with Crippen LogP contribution in [-0.2, 0) is 16.9 Å². The first-order valence-corrected chi connectivity index (χ1v) is 8.30. The third-order valence-corrected chi connectivity index (χ3v) is 4.64. The van der Waals surface area contributed by atoms with Crippen LogP contribution in [0, 0.1) is 0 Å². The monoisotopic (exact) mass is 369 g/mol. The molecular formula is C14H9BrClNO2S. The Bertz CT molecular complexity index is 745. The van der Waals surface area contributed by atoms with Gasteiger partial charge in [-0.1, -0.05) is 39.7 Å². The molecule has 0 aliphatic heterocycles. The van der Waals surface area contributed by atoms with Crippen LogP contribution in [0.25, 0.3) is 11.1 Å². The molecule has 2 aromatic carbocycles. The van der Waals surface area contributed by atoms with Gasteiger partial charge >= 0.3 is 5.22 Å². The number of hydrogen-bond acceptors (Lipinski definition) is 3. The van der Waals surface area contributed by atoms with E-state index in [1.54, 1.807) is 12.1 Å². The summed E-state index contributed by atoms with van der Waals surface area (Å²) in [5, 5.41) is 0.902. The van der Waals surface area contributed by atoms with Crippen LogP contribution in [0.2, 0.25) is 5.02 Å². The van der Waals surface area contributed by atoms with Crippen molar-refractivity contribution < 1.29 is 8.97 Å². The lowest BCUT2D eigenvalue weighted by atomic mass is 10.2. The second-order valence-electron chi connectivity index (χ2n) is 4.21. The number of fused-ring (bicyclic) bond motifs is 1. The summed E-state index contributed by atoms with van der Waals surface area (Å²) in [4.78, 5) is 4.25. The average molecular weight is 371 g/mol. The van der Waals surface area contributed by atoms with Crippen molar-refractivity contribution in [2.24, 2.45) is 0 Å². The van der Waals surface area contributed by atoms with E-state index in [-0.39, 0.29) is 5.22 Å². The standard InChI is InChI=1S/C14H9BrClNO2S/c15-10-3-6-12-13(7-10)19-14(17-12)20(18)8-9-1-4-11(16)5-2-9/h1-7H,8H2. The second kappa shape index (κ2) is 5.77. The Hall–Kier alpha value is -1.01. The summed E-state index contributed by atoms with van der Waals surface area (Å²) < 4.78 is 18.7. The van der Waals surface area contributed by atoms with Gasteiger partial charge < -0.3 is 8.97 Å². The van der Waals surface area contributed by atoms with Gasteiger partial charge in [0.2, 0.25) is 0 Å². The minimum absolute atomic E-state index is 0.244. The molecule has 0 N–H and O–H groups in total. The second-order valence-corrected chi connectivity index (χ2v) is 6.89. The lowest BCUT2D eigenvalue weighted by molar-refractivity contribution is 0.458. The molecule has 0 fully saturated rings. The van der Waals surface area contributed by atoms with E-state index in [1.807, 2.05) is 30.3 Å². The van der Waals surface area contributed by atoms with Crippen molar-refractivity contribution in [3.63, 3.8) is 0 Å². The highest BCUT2D eigenvalue weighted by atomic mass is 79.9. The molecule has 1 heterocycles. The van der Waals surface area contributed by atoms with Crippen molar-refractivity contribution in [2.75, 3.05) is 0 Å². The summed E-state index contributed by atoms with van der Waals surface area (Å²) in [6.45, 7) is 0. The molecule has 102 valence electrons. The van der Waals surface area contributed by atoms with Gasteiger partial charge in [0.25, 0.3) is 0 Å². The summed E-state index contributed by atoms with van der Waals surface area (Å²) in [5.41, 5.74) is 2.25. The molecule has 0 radical (unpaired) electrons. The van der Waals surface area contributed by atoms with Crippen LogP contribution >= 0.6 is 27.5 Å². The summed E-state index contributed by atoms with van der Waals surface area (Å²) in [6, 6.07) is 12.8. The Morgan fingerprint density at radius 3 is 2.70 bits per heavy atom. The Kier molecular flexibility index (Phi) is 4.03. The van der Waals surface area contributed by atoms with Gasteiger partial charge in [-0.2, -0.15) is 4.98 Å². The van der Waals surface area contributed by atoms with E-state index in [0.29, 0.717) is 21.9 Å². The van der Waals surface area contributed by atoms with Crippen molar-refractivity contribution in [3.05, 3.63) is 57.5 Å². The zero-order chi connectivity index (χ0) is 14.1. The molecule has 0 saturated carbocycles. The van der Waals surface area contributed by atoms with E-state index in [0.717, 1.165) is 10.0 Å². The normalized spacial score (nSPS) is 12.8. The van der Waals surface area contributed by atoms with E-state index >= 15 is 0 Å². The molecule has 0 aliphatic rings. The van der Waals surface area contributed by atoms with Crippen LogP contribution in [0.4, 0.5) is 0 Å². The maximum absolute atomic E-state index is 12.3. The molecule has 3 nitrogen and oxygen atoms in total. The molecule has 6 heteroatoms. The van der Waals surface area contributed by atoms with Gasteiger partial charge in [0, 0.05) is 15.1 Å². The summed E-state index contributed by atoms with van der Waals surface area (Å²) in [5.74, 6) is 0.352. The number of rotatable bonds is 3. The topological polar surface area (TPSA) is 49.1 Å². The predicted octanol–water partition coefficient (Wildman–Crippen LogP) is 4.55. The fraction of sp³-hybridized carbons (Fsp3) is 0.0714. The SMILES string of the molecule is [O-][S+](Cc1ccc(Cl)cc1)c1nc2ccc(Br)cc2o1. The molecule has 0 bridgehead atoms. The zero-order valence-electron chi connectivity index (χ0n) is 10.2. The summed E-state index contributed by atoms with van der Waals surface area (Å²) >= 11 is 7.87. The third kappa shape index (κ3) is 3.01. The molecule has 1 atom stereocenters. The highest BCUT2D eigenvalue weighted by Crippen LogP contribution is 2.24. The van der Waals surface area contributed by atoms with Gasteiger partial charge in [-0.25, -0.2) is 0 Å². The van der Waals surface area contributed by atoms with Crippen LogP contribution < -0.4 is 0 Å². The number of oxazole rings is 1. The number of aromatic nitrogens is 1. The Morgan fingerprint density at radius 2 is 1.95 bits per heavy atom. The van der Waals surface area contributed by atoms with Gasteiger partial charge in [-0.3, -0.25) is 0 Å². The highest BCUT2D eigenvalue weighted by Gasteiger charge is 2.20. The lowest BCUT2D eigenvalue weighted by Gasteiger charge is -2.05. The van der Waals surface area contributed by atoms with Crippen LogP contribution in [0.15, 0.2) is 56.6 Å². The Labute approximate surface area is 132 Å².